The average molecular weight is 609 g/mol. The van der Waals surface area contributed by atoms with Crippen LogP contribution in [0.3, 0.4) is 0 Å². The predicted octanol–water partition coefficient (Wildman–Crippen LogP) is 8.33. The fraction of sp³-hybridized carbons (Fsp3) is 0.231. The lowest BCUT2D eigenvalue weighted by Crippen LogP contribution is -2.19. The molecule has 0 aromatic heterocycles. The highest BCUT2D eigenvalue weighted by molar-refractivity contribution is 6.32. The Balaban J connectivity index is 1.99. The van der Waals surface area contributed by atoms with Gasteiger partial charge in [-0.2, -0.15) is 26.3 Å². The third-order valence-electron chi connectivity index (χ3n) is 5.21. The standard InChI is InChI=1S/C26H20Cl2F6N2O4/c1-3-39-20-9-13(23(37)35-14-5-7-18(27)16(11-14)25(29,30)31)10-21(40-4-2)22(20)24(38)36-15-6-8-19(28)17(12-15)26(32,33)34/h5-12H,3-4H2,1-2H3,(H,35,37)(H,36,38). The van der Waals surface area contributed by atoms with Crippen LogP contribution in [0.4, 0.5) is 37.7 Å². The maximum Gasteiger partial charge on any atom is 0.417 e. The highest BCUT2D eigenvalue weighted by Crippen LogP contribution is 2.38. The molecule has 40 heavy (non-hydrogen) atoms. The van der Waals surface area contributed by atoms with E-state index in [1.807, 2.05) is 0 Å². The minimum atomic E-state index is -4.77. The molecule has 0 saturated carbocycles. The van der Waals surface area contributed by atoms with Crippen LogP contribution in [0.25, 0.3) is 0 Å². The van der Waals surface area contributed by atoms with Crippen molar-refractivity contribution in [2.45, 2.75) is 26.2 Å². The molecule has 0 aliphatic heterocycles. The highest BCUT2D eigenvalue weighted by Gasteiger charge is 2.34. The second kappa shape index (κ2) is 12.3. The van der Waals surface area contributed by atoms with Gasteiger partial charge < -0.3 is 20.1 Å². The van der Waals surface area contributed by atoms with E-state index in [0.29, 0.717) is 12.1 Å². The number of anilines is 2. The minimum absolute atomic E-state index is 0.0161. The van der Waals surface area contributed by atoms with Gasteiger partial charge in [0.2, 0.25) is 0 Å². The Kier molecular flexibility index (Phi) is 9.47. The fourth-order valence-electron chi connectivity index (χ4n) is 3.52. The molecular weight excluding hydrogens is 589 g/mol. The zero-order valence-corrected chi connectivity index (χ0v) is 22.2. The molecule has 0 aliphatic carbocycles. The minimum Gasteiger partial charge on any atom is -0.493 e. The summed E-state index contributed by atoms with van der Waals surface area (Å²) in [6, 6.07) is 7.91. The fourth-order valence-corrected chi connectivity index (χ4v) is 3.97. The zero-order chi connectivity index (χ0) is 29.8. The smallest absolute Gasteiger partial charge is 0.417 e. The second-order valence-corrected chi connectivity index (χ2v) is 8.82. The van der Waals surface area contributed by atoms with Crippen LogP contribution >= 0.6 is 23.2 Å². The van der Waals surface area contributed by atoms with E-state index in [4.69, 9.17) is 32.7 Å². The van der Waals surface area contributed by atoms with Crippen molar-refractivity contribution in [2.24, 2.45) is 0 Å². The SMILES string of the molecule is CCOc1cc(C(=O)Nc2ccc(Cl)c(C(F)(F)F)c2)cc(OCC)c1C(=O)Nc1ccc(Cl)c(C(F)(F)F)c1. The quantitative estimate of drug-likeness (QED) is 0.252. The number of hydrogen-bond acceptors (Lipinski definition) is 4. The highest BCUT2D eigenvalue weighted by atomic mass is 35.5. The molecule has 14 heteroatoms. The third-order valence-corrected chi connectivity index (χ3v) is 5.87. The molecular formula is C26H20Cl2F6N2O4. The number of carbonyl (C=O) groups excluding carboxylic acids is 2. The van der Waals surface area contributed by atoms with E-state index in [1.54, 1.807) is 13.8 Å². The first-order valence-corrected chi connectivity index (χ1v) is 12.2. The number of ether oxygens (including phenoxy) is 2. The maximum atomic E-state index is 13.3. The molecule has 0 fully saturated rings. The summed E-state index contributed by atoms with van der Waals surface area (Å²) in [5.41, 5.74) is -3.11. The molecule has 214 valence electrons. The number of rotatable bonds is 8. The van der Waals surface area contributed by atoms with Gasteiger partial charge in [0, 0.05) is 16.9 Å². The lowest BCUT2D eigenvalue weighted by Gasteiger charge is -2.18. The van der Waals surface area contributed by atoms with Gasteiger partial charge in [0.05, 0.1) is 34.4 Å². The number of amides is 2. The van der Waals surface area contributed by atoms with E-state index < -0.39 is 45.3 Å². The summed E-state index contributed by atoms with van der Waals surface area (Å²) in [6.07, 6.45) is -9.53. The molecule has 3 rings (SSSR count). The van der Waals surface area contributed by atoms with Crippen molar-refractivity contribution in [2.75, 3.05) is 23.8 Å². The summed E-state index contributed by atoms with van der Waals surface area (Å²) < 4.78 is 90.4. The maximum absolute atomic E-state index is 13.3. The number of hydrogen-bond donors (Lipinski definition) is 2. The first kappa shape index (κ1) is 30.9. The Morgan fingerprint density at radius 1 is 0.700 bits per heavy atom. The first-order valence-electron chi connectivity index (χ1n) is 11.5. The van der Waals surface area contributed by atoms with Gasteiger partial charge in [0.1, 0.15) is 17.1 Å². The normalized spacial score (nSPS) is 11.7. The van der Waals surface area contributed by atoms with Crippen molar-refractivity contribution >= 4 is 46.4 Å². The van der Waals surface area contributed by atoms with Crippen LogP contribution in [0, 0.1) is 0 Å². The Bertz CT molecular complexity index is 1400. The molecule has 0 aliphatic rings. The molecule has 0 heterocycles. The van der Waals surface area contributed by atoms with Crippen LogP contribution in [0.2, 0.25) is 10.0 Å². The summed E-state index contributed by atoms with van der Waals surface area (Å²) in [5, 5.41) is 3.54. The molecule has 0 radical (unpaired) electrons. The van der Waals surface area contributed by atoms with Crippen molar-refractivity contribution < 1.29 is 45.4 Å². The molecule has 3 aromatic carbocycles. The van der Waals surface area contributed by atoms with E-state index in [2.05, 4.69) is 10.6 Å². The average Bonchev–Trinajstić information content (AvgIpc) is 2.85. The van der Waals surface area contributed by atoms with E-state index >= 15 is 0 Å². The second-order valence-electron chi connectivity index (χ2n) is 8.01. The number of nitrogens with one attached hydrogen (secondary N) is 2. The van der Waals surface area contributed by atoms with Gasteiger partial charge in [0.15, 0.2) is 0 Å². The molecule has 0 atom stereocenters. The molecule has 2 N–H and O–H groups in total. The van der Waals surface area contributed by atoms with E-state index in [0.717, 1.165) is 24.3 Å². The lowest BCUT2D eigenvalue weighted by atomic mass is 10.1. The van der Waals surface area contributed by atoms with Crippen LogP contribution in [-0.4, -0.2) is 25.0 Å². The monoisotopic (exact) mass is 608 g/mol. The Morgan fingerprint density at radius 3 is 1.48 bits per heavy atom. The molecule has 0 bridgehead atoms. The Labute approximate surface area is 234 Å². The number of alkyl halides is 6. The summed E-state index contributed by atoms with van der Waals surface area (Å²) in [6.45, 7) is 3.19. The number of halogens is 8. The van der Waals surface area contributed by atoms with Gasteiger partial charge in [-0.1, -0.05) is 23.2 Å². The summed E-state index contributed by atoms with van der Waals surface area (Å²) >= 11 is 11.3. The van der Waals surface area contributed by atoms with Gasteiger partial charge in [-0.05, 0) is 62.4 Å². The van der Waals surface area contributed by atoms with Gasteiger partial charge in [-0.25, -0.2) is 0 Å². The summed E-state index contributed by atoms with van der Waals surface area (Å²) in [4.78, 5) is 26.1. The lowest BCUT2D eigenvalue weighted by molar-refractivity contribution is -0.138. The molecule has 3 aromatic rings. The van der Waals surface area contributed by atoms with Gasteiger partial charge in [-0.3, -0.25) is 9.59 Å². The molecule has 6 nitrogen and oxygen atoms in total. The molecule has 2 amide bonds. The third kappa shape index (κ3) is 7.30. The number of carbonyl (C=O) groups is 2. The zero-order valence-electron chi connectivity index (χ0n) is 20.7. The number of benzene rings is 3. The molecule has 0 saturated heterocycles. The topological polar surface area (TPSA) is 76.7 Å². The largest absolute Gasteiger partial charge is 0.493 e. The summed E-state index contributed by atoms with van der Waals surface area (Å²) in [7, 11) is 0. The van der Waals surface area contributed by atoms with Crippen LogP contribution in [0.15, 0.2) is 48.5 Å². The van der Waals surface area contributed by atoms with Crippen LogP contribution in [0.5, 0.6) is 11.5 Å². The van der Waals surface area contributed by atoms with Crippen molar-refractivity contribution in [3.8, 4) is 11.5 Å². The Hall–Kier alpha value is -3.64. The summed E-state index contributed by atoms with van der Waals surface area (Å²) in [5.74, 6) is -2.10. The molecule has 0 unspecified atom stereocenters. The first-order chi connectivity index (χ1) is 18.6. The van der Waals surface area contributed by atoms with Gasteiger partial charge >= 0.3 is 12.4 Å². The van der Waals surface area contributed by atoms with E-state index in [-0.39, 0.29) is 47.2 Å². The van der Waals surface area contributed by atoms with Crippen molar-refractivity contribution in [1.82, 2.24) is 0 Å². The Morgan fingerprint density at radius 2 is 1.10 bits per heavy atom. The van der Waals surface area contributed by atoms with Crippen molar-refractivity contribution in [1.29, 1.82) is 0 Å². The van der Waals surface area contributed by atoms with Gasteiger partial charge in [-0.15, -0.1) is 0 Å². The van der Waals surface area contributed by atoms with Crippen LogP contribution in [0.1, 0.15) is 45.7 Å². The van der Waals surface area contributed by atoms with Crippen molar-refractivity contribution in [3.05, 3.63) is 80.8 Å². The van der Waals surface area contributed by atoms with E-state index in [1.165, 1.54) is 12.1 Å². The van der Waals surface area contributed by atoms with Crippen LogP contribution < -0.4 is 20.1 Å². The predicted molar refractivity (Wildman–Crippen MR) is 138 cm³/mol. The van der Waals surface area contributed by atoms with E-state index in [9.17, 15) is 35.9 Å². The van der Waals surface area contributed by atoms with Gasteiger partial charge in [0.25, 0.3) is 11.8 Å². The van der Waals surface area contributed by atoms with Crippen molar-refractivity contribution in [3.63, 3.8) is 0 Å². The molecule has 0 spiro atoms. The van der Waals surface area contributed by atoms with Crippen LogP contribution in [-0.2, 0) is 12.4 Å².